The van der Waals surface area contributed by atoms with Gasteiger partial charge in [0, 0.05) is 5.56 Å². The SMILES string of the molecule is Cc1ccccc1N(CC(=O)N/N=C\c1ccc2c3c(cccc13)CC2)S(C)(=O)=O. The van der Waals surface area contributed by atoms with Gasteiger partial charge in [-0.2, -0.15) is 5.10 Å². The highest BCUT2D eigenvalue weighted by Gasteiger charge is 2.22. The van der Waals surface area contributed by atoms with Crippen LogP contribution in [0, 0.1) is 6.92 Å². The first kappa shape index (κ1) is 20.1. The Hall–Kier alpha value is -3.19. The minimum absolute atomic E-state index is 0.342. The molecule has 4 rings (SSSR count). The van der Waals surface area contributed by atoms with E-state index in [0.29, 0.717) is 5.69 Å². The van der Waals surface area contributed by atoms with Crippen molar-refractivity contribution in [3.63, 3.8) is 0 Å². The number of aryl methyl sites for hydroxylation is 3. The summed E-state index contributed by atoms with van der Waals surface area (Å²) in [4.78, 5) is 12.4. The van der Waals surface area contributed by atoms with Gasteiger partial charge in [-0.15, -0.1) is 0 Å². The highest BCUT2D eigenvalue weighted by atomic mass is 32.2. The summed E-state index contributed by atoms with van der Waals surface area (Å²) in [6.07, 6.45) is 4.79. The Morgan fingerprint density at radius 2 is 1.80 bits per heavy atom. The van der Waals surface area contributed by atoms with Gasteiger partial charge >= 0.3 is 0 Å². The average molecular weight is 422 g/mol. The van der Waals surface area contributed by atoms with E-state index >= 15 is 0 Å². The van der Waals surface area contributed by atoms with E-state index in [1.807, 2.05) is 18.2 Å². The summed E-state index contributed by atoms with van der Waals surface area (Å²) >= 11 is 0. The molecule has 0 radical (unpaired) electrons. The maximum absolute atomic E-state index is 12.4. The molecule has 3 aromatic carbocycles. The molecular weight excluding hydrogens is 398 g/mol. The molecule has 0 atom stereocenters. The van der Waals surface area contributed by atoms with Gasteiger partial charge in [0.15, 0.2) is 0 Å². The Morgan fingerprint density at radius 3 is 2.53 bits per heavy atom. The summed E-state index contributed by atoms with van der Waals surface area (Å²) in [6.45, 7) is 1.46. The molecule has 1 amide bonds. The van der Waals surface area contributed by atoms with Crippen LogP contribution in [-0.2, 0) is 27.7 Å². The van der Waals surface area contributed by atoms with E-state index in [2.05, 4.69) is 28.7 Å². The van der Waals surface area contributed by atoms with Gasteiger partial charge in [0.2, 0.25) is 10.0 Å². The smallest absolute Gasteiger partial charge is 0.260 e. The molecule has 1 aliphatic carbocycles. The molecule has 154 valence electrons. The third-order valence-electron chi connectivity index (χ3n) is 5.38. The summed E-state index contributed by atoms with van der Waals surface area (Å²) < 4.78 is 25.6. The van der Waals surface area contributed by atoms with Crippen molar-refractivity contribution in [2.24, 2.45) is 5.10 Å². The number of hydrazone groups is 1. The van der Waals surface area contributed by atoms with Crippen molar-refractivity contribution < 1.29 is 13.2 Å². The van der Waals surface area contributed by atoms with Crippen molar-refractivity contribution >= 4 is 38.6 Å². The zero-order valence-corrected chi connectivity index (χ0v) is 17.7. The van der Waals surface area contributed by atoms with Crippen LogP contribution in [-0.4, -0.2) is 33.3 Å². The molecule has 30 heavy (non-hydrogen) atoms. The number of sulfonamides is 1. The Balaban J connectivity index is 1.52. The molecule has 1 aliphatic rings. The minimum Gasteiger partial charge on any atom is -0.271 e. The maximum Gasteiger partial charge on any atom is 0.260 e. The number of amides is 1. The molecule has 0 saturated carbocycles. The Morgan fingerprint density at radius 1 is 1.07 bits per heavy atom. The van der Waals surface area contributed by atoms with Crippen LogP contribution >= 0.6 is 0 Å². The minimum atomic E-state index is -3.62. The topological polar surface area (TPSA) is 78.8 Å². The van der Waals surface area contributed by atoms with Crippen LogP contribution in [0.3, 0.4) is 0 Å². The number of rotatable bonds is 6. The second-order valence-electron chi connectivity index (χ2n) is 7.50. The maximum atomic E-state index is 12.4. The zero-order valence-electron chi connectivity index (χ0n) is 16.9. The Bertz CT molecular complexity index is 1260. The summed E-state index contributed by atoms with van der Waals surface area (Å²) in [5, 5.41) is 6.46. The monoisotopic (exact) mass is 421 g/mol. The van der Waals surface area contributed by atoms with Gasteiger partial charge in [-0.05, 0) is 53.3 Å². The van der Waals surface area contributed by atoms with E-state index in [9.17, 15) is 13.2 Å². The third-order valence-corrected chi connectivity index (χ3v) is 6.50. The molecule has 0 aromatic heterocycles. The number of hydrogen-bond donors (Lipinski definition) is 1. The van der Waals surface area contributed by atoms with Crippen LogP contribution in [0.15, 0.2) is 59.7 Å². The standard InChI is InChI=1S/C23H23N3O3S/c1-16-6-3-4-9-21(16)26(30(2,28)29)15-22(27)25-24-14-19-13-12-18-11-10-17-7-5-8-20(19)23(17)18/h3-9,12-14H,10-11,15H2,1-2H3,(H,25,27)/b24-14-. The molecule has 3 aromatic rings. The van der Waals surface area contributed by atoms with E-state index in [0.717, 1.165) is 39.9 Å². The fraction of sp³-hybridized carbons (Fsp3) is 0.217. The Labute approximate surface area is 176 Å². The van der Waals surface area contributed by atoms with E-state index in [-0.39, 0.29) is 6.54 Å². The van der Waals surface area contributed by atoms with Gasteiger partial charge in [-0.3, -0.25) is 9.10 Å². The first-order valence-electron chi connectivity index (χ1n) is 9.73. The van der Waals surface area contributed by atoms with Gasteiger partial charge in [0.1, 0.15) is 6.54 Å². The van der Waals surface area contributed by atoms with E-state index in [1.54, 1.807) is 31.3 Å². The number of carbonyl (C=O) groups is 1. The molecule has 0 heterocycles. The number of para-hydroxylation sites is 1. The third kappa shape index (κ3) is 3.93. The van der Waals surface area contributed by atoms with Crippen LogP contribution < -0.4 is 9.73 Å². The molecule has 7 heteroatoms. The van der Waals surface area contributed by atoms with E-state index in [4.69, 9.17) is 0 Å². The van der Waals surface area contributed by atoms with Crippen molar-refractivity contribution in [3.8, 4) is 0 Å². The van der Waals surface area contributed by atoms with Gasteiger partial charge < -0.3 is 0 Å². The van der Waals surface area contributed by atoms with Gasteiger partial charge in [-0.1, -0.05) is 48.5 Å². The number of anilines is 1. The largest absolute Gasteiger partial charge is 0.271 e. The van der Waals surface area contributed by atoms with Crippen LogP contribution in [0.4, 0.5) is 5.69 Å². The molecule has 0 bridgehead atoms. The average Bonchev–Trinajstić information content (AvgIpc) is 3.13. The molecule has 6 nitrogen and oxygen atoms in total. The fourth-order valence-electron chi connectivity index (χ4n) is 3.95. The highest BCUT2D eigenvalue weighted by Crippen LogP contribution is 2.32. The van der Waals surface area contributed by atoms with E-state index in [1.165, 1.54) is 16.5 Å². The van der Waals surface area contributed by atoms with Crippen molar-refractivity contribution in [1.82, 2.24) is 5.43 Å². The molecule has 0 saturated heterocycles. The number of hydrogen-bond acceptors (Lipinski definition) is 4. The number of nitrogens with zero attached hydrogens (tertiary/aromatic N) is 2. The highest BCUT2D eigenvalue weighted by molar-refractivity contribution is 7.92. The molecule has 0 spiro atoms. The van der Waals surface area contributed by atoms with Crippen LogP contribution in [0.1, 0.15) is 22.3 Å². The summed E-state index contributed by atoms with van der Waals surface area (Å²) in [6, 6.07) is 17.4. The second kappa shape index (κ2) is 7.91. The van der Waals surface area contributed by atoms with Crippen molar-refractivity contribution in [3.05, 3.63) is 76.9 Å². The van der Waals surface area contributed by atoms with Gasteiger partial charge in [-0.25, -0.2) is 13.8 Å². The van der Waals surface area contributed by atoms with E-state index < -0.39 is 15.9 Å². The normalized spacial score (nSPS) is 13.1. The lowest BCUT2D eigenvalue weighted by atomic mass is 10.0. The fourth-order valence-corrected chi connectivity index (χ4v) is 4.86. The predicted octanol–water partition coefficient (Wildman–Crippen LogP) is 3.16. The summed E-state index contributed by atoms with van der Waals surface area (Å²) in [7, 11) is -3.62. The van der Waals surface area contributed by atoms with Crippen molar-refractivity contribution in [2.45, 2.75) is 19.8 Å². The van der Waals surface area contributed by atoms with Crippen molar-refractivity contribution in [2.75, 3.05) is 17.1 Å². The second-order valence-corrected chi connectivity index (χ2v) is 9.41. The lowest BCUT2D eigenvalue weighted by Gasteiger charge is -2.23. The van der Waals surface area contributed by atoms with Crippen LogP contribution in [0.2, 0.25) is 0 Å². The molecule has 0 fully saturated rings. The zero-order chi connectivity index (χ0) is 21.3. The molecule has 0 aliphatic heterocycles. The number of carbonyl (C=O) groups excluding carboxylic acids is 1. The summed E-state index contributed by atoms with van der Waals surface area (Å²) in [5.74, 6) is -0.508. The first-order chi connectivity index (χ1) is 14.3. The number of benzene rings is 3. The lowest BCUT2D eigenvalue weighted by Crippen LogP contribution is -2.39. The summed E-state index contributed by atoms with van der Waals surface area (Å²) in [5.41, 5.74) is 7.29. The quantitative estimate of drug-likeness (QED) is 0.491. The molecule has 1 N–H and O–H groups in total. The van der Waals surface area contributed by atoms with Gasteiger partial charge in [0.25, 0.3) is 5.91 Å². The number of nitrogens with one attached hydrogen (secondary N) is 1. The van der Waals surface area contributed by atoms with Gasteiger partial charge in [0.05, 0.1) is 18.2 Å². The Kier molecular flexibility index (Phi) is 5.30. The predicted molar refractivity (Wildman–Crippen MR) is 120 cm³/mol. The van der Waals surface area contributed by atoms with Crippen molar-refractivity contribution in [1.29, 1.82) is 0 Å². The first-order valence-corrected chi connectivity index (χ1v) is 11.6. The van der Waals surface area contributed by atoms with Crippen LogP contribution in [0.5, 0.6) is 0 Å². The van der Waals surface area contributed by atoms with Crippen LogP contribution in [0.25, 0.3) is 10.8 Å². The molecular formula is C23H23N3O3S. The lowest BCUT2D eigenvalue weighted by molar-refractivity contribution is -0.119. The molecule has 0 unspecified atom stereocenters.